The number of aliphatic hydroxyl groups is 3. The number of ether oxygens (including phenoxy) is 2. The van der Waals surface area contributed by atoms with Crippen molar-refractivity contribution in [2.75, 3.05) is 19.8 Å². The van der Waals surface area contributed by atoms with Gasteiger partial charge in [-0.15, -0.1) is 0 Å². The van der Waals surface area contributed by atoms with Gasteiger partial charge in [0.1, 0.15) is 24.4 Å². The van der Waals surface area contributed by atoms with Crippen molar-refractivity contribution in [3.05, 3.63) is 12.2 Å². The highest BCUT2D eigenvalue weighted by molar-refractivity contribution is 4.87. The zero-order valence-corrected chi connectivity index (χ0v) is 20.1. The van der Waals surface area contributed by atoms with E-state index >= 15 is 0 Å². The van der Waals surface area contributed by atoms with Crippen LogP contribution >= 0.6 is 0 Å². The number of rotatable bonds is 20. The molecule has 0 saturated carbocycles. The van der Waals surface area contributed by atoms with Crippen LogP contribution in [0.1, 0.15) is 110 Å². The van der Waals surface area contributed by atoms with Crippen LogP contribution in [0, 0.1) is 0 Å². The summed E-state index contributed by atoms with van der Waals surface area (Å²) < 4.78 is 11.0. The summed E-state index contributed by atoms with van der Waals surface area (Å²) in [5.74, 6) is 0. The first-order chi connectivity index (χ1) is 15.2. The van der Waals surface area contributed by atoms with Crippen molar-refractivity contribution in [3.63, 3.8) is 0 Å². The van der Waals surface area contributed by atoms with Gasteiger partial charge in [-0.3, -0.25) is 0 Å². The number of hydrogen-bond acceptors (Lipinski definition) is 5. The molecule has 4 atom stereocenters. The molecule has 0 radical (unpaired) electrons. The van der Waals surface area contributed by atoms with Crippen LogP contribution in [0.4, 0.5) is 0 Å². The predicted octanol–water partition coefficient (Wildman–Crippen LogP) is 5.30. The first-order valence-electron chi connectivity index (χ1n) is 13.1. The third kappa shape index (κ3) is 14.3. The Hall–Kier alpha value is -0.460. The van der Waals surface area contributed by atoms with Crippen LogP contribution in [0.2, 0.25) is 0 Å². The van der Waals surface area contributed by atoms with E-state index in [4.69, 9.17) is 14.6 Å². The van der Waals surface area contributed by atoms with Gasteiger partial charge >= 0.3 is 0 Å². The lowest BCUT2D eigenvalue weighted by molar-refractivity contribution is -0.208. The van der Waals surface area contributed by atoms with Crippen LogP contribution in [0.15, 0.2) is 12.2 Å². The van der Waals surface area contributed by atoms with Crippen molar-refractivity contribution >= 4 is 0 Å². The highest BCUT2D eigenvalue weighted by Gasteiger charge is 2.38. The lowest BCUT2D eigenvalue weighted by Gasteiger charge is -2.36. The molecule has 31 heavy (non-hydrogen) atoms. The van der Waals surface area contributed by atoms with E-state index in [-0.39, 0.29) is 13.2 Å². The van der Waals surface area contributed by atoms with Crippen molar-refractivity contribution in [2.24, 2.45) is 0 Å². The first kappa shape index (κ1) is 28.6. The molecular formula is C26H50O5. The van der Waals surface area contributed by atoms with Crippen molar-refractivity contribution in [1.29, 1.82) is 0 Å². The zero-order valence-electron chi connectivity index (χ0n) is 20.1. The van der Waals surface area contributed by atoms with E-state index in [1.165, 1.54) is 77.0 Å². The van der Waals surface area contributed by atoms with Crippen molar-refractivity contribution in [3.8, 4) is 0 Å². The molecule has 1 heterocycles. The number of unbranched alkanes of at least 4 members (excludes halogenated alkanes) is 14. The van der Waals surface area contributed by atoms with Crippen LogP contribution in [-0.4, -0.2) is 59.6 Å². The van der Waals surface area contributed by atoms with Gasteiger partial charge in [0.15, 0.2) is 0 Å². The fraction of sp³-hybridized carbons (Fsp3) is 0.923. The lowest BCUT2D eigenvalue weighted by Crippen LogP contribution is -2.55. The molecule has 0 aromatic carbocycles. The Labute approximate surface area is 191 Å². The Balaban J connectivity index is 1.82. The molecule has 3 N–H and O–H groups in total. The SMILES string of the molecule is CCCCCCCCCCCCC/C=C/CCCCCO[C@H]1CO[C@H](CO)[C@@H](O)[C@@H]1O. The highest BCUT2D eigenvalue weighted by atomic mass is 16.6. The summed E-state index contributed by atoms with van der Waals surface area (Å²) in [4.78, 5) is 0. The number of allylic oxidation sites excluding steroid dienone is 2. The second-order valence-corrected chi connectivity index (χ2v) is 9.09. The van der Waals surface area contributed by atoms with E-state index in [9.17, 15) is 10.2 Å². The summed E-state index contributed by atoms with van der Waals surface area (Å²) in [7, 11) is 0. The van der Waals surface area contributed by atoms with E-state index < -0.39 is 24.4 Å². The van der Waals surface area contributed by atoms with E-state index in [0.29, 0.717) is 6.61 Å². The second kappa shape index (κ2) is 20.2. The third-order valence-corrected chi connectivity index (χ3v) is 6.25. The minimum atomic E-state index is -1.09. The van der Waals surface area contributed by atoms with Crippen LogP contribution in [-0.2, 0) is 9.47 Å². The number of hydrogen-bond donors (Lipinski definition) is 3. The summed E-state index contributed by atoms with van der Waals surface area (Å²) in [6.45, 7) is 2.75. The van der Waals surface area contributed by atoms with Gasteiger partial charge in [-0.2, -0.15) is 0 Å². The smallest absolute Gasteiger partial charge is 0.111 e. The number of aliphatic hydroxyl groups excluding tert-OH is 3. The van der Waals surface area contributed by atoms with Gasteiger partial charge in [-0.05, 0) is 32.1 Å². The molecule has 0 unspecified atom stereocenters. The average Bonchev–Trinajstić information content (AvgIpc) is 2.78. The summed E-state index contributed by atoms with van der Waals surface area (Å²) in [5, 5.41) is 28.9. The van der Waals surface area contributed by atoms with Gasteiger partial charge in [0.2, 0.25) is 0 Å². The first-order valence-corrected chi connectivity index (χ1v) is 13.1. The van der Waals surface area contributed by atoms with E-state index in [1.54, 1.807) is 0 Å². The standard InChI is InChI=1S/C26H50O5/c1-2-3-4-5-6-7-8-9-10-11-12-13-14-15-16-17-18-19-20-30-24-22-31-23(21-27)25(28)26(24)29/h14-15,23-29H,2-13,16-22H2,1H3/b15-14+/t23-,24+,25-,26-/m1/s1. The Morgan fingerprint density at radius 3 is 1.81 bits per heavy atom. The minimum absolute atomic E-state index is 0.214. The zero-order chi connectivity index (χ0) is 22.6. The molecule has 1 aliphatic heterocycles. The Bertz CT molecular complexity index is 415. The highest BCUT2D eigenvalue weighted by Crippen LogP contribution is 2.18. The maximum absolute atomic E-state index is 10.0. The van der Waals surface area contributed by atoms with Crippen LogP contribution in [0.5, 0.6) is 0 Å². The van der Waals surface area contributed by atoms with Gasteiger partial charge in [0.25, 0.3) is 0 Å². The molecule has 0 aromatic rings. The second-order valence-electron chi connectivity index (χ2n) is 9.09. The quantitative estimate of drug-likeness (QED) is 0.176. The van der Waals surface area contributed by atoms with Crippen LogP contribution < -0.4 is 0 Å². The molecule has 1 fully saturated rings. The molecule has 5 nitrogen and oxygen atoms in total. The normalized spacial score (nSPS) is 24.3. The molecule has 0 amide bonds. The van der Waals surface area contributed by atoms with Crippen molar-refractivity contribution < 1.29 is 24.8 Å². The van der Waals surface area contributed by atoms with Gasteiger partial charge in [0, 0.05) is 6.61 Å². The maximum atomic E-state index is 10.0. The van der Waals surface area contributed by atoms with Crippen molar-refractivity contribution in [2.45, 2.75) is 134 Å². The van der Waals surface area contributed by atoms with E-state index in [0.717, 1.165) is 25.7 Å². The molecular weight excluding hydrogens is 392 g/mol. The maximum Gasteiger partial charge on any atom is 0.111 e. The van der Waals surface area contributed by atoms with Gasteiger partial charge in [-0.1, -0.05) is 89.7 Å². The van der Waals surface area contributed by atoms with Crippen molar-refractivity contribution in [1.82, 2.24) is 0 Å². The molecule has 5 heteroatoms. The molecule has 0 bridgehead atoms. The van der Waals surface area contributed by atoms with E-state index in [1.807, 2.05) is 0 Å². The third-order valence-electron chi connectivity index (χ3n) is 6.25. The summed E-state index contributed by atoms with van der Waals surface area (Å²) in [6, 6.07) is 0. The molecule has 184 valence electrons. The van der Waals surface area contributed by atoms with Gasteiger partial charge in [-0.25, -0.2) is 0 Å². The minimum Gasteiger partial charge on any atom is -0.394 e. The van der Waals surface area contributed by atoms with Crippen LogP contribution in [0.25, 0.3) is 0 Å². The molecule has 1 aliphatic rings. The Morgan fingerprint density at radius 1 is 0.742 bits per heavy atom. The topological polar surface area (TPSA) is 79.2 Å². The van der Waals surface area contributed by atoms with E-state index in [2.05, 4.69) is 19.1 Å². The fourth-order valence-corrected chi connectivity index (χ4v) is 4.10. The molecule has 0 spiro atoms. The van der Waals surface area contributed by atoms with Gasteiger partial charge in [0.05, 0.1) is 13.2 Å². The summed E-state index contributed by atoms with van der Waals surface area (Å²) >= 11 is 0. The molecule has 0 aliphatic carbocycles. The Morgan fingerprint density at radius 2 is 1.26 bits per heavy atom. The Kier molecular flexibility index (Phi) is 18.6. The summed E-state index contributed by atoms with van der Waals surface area (Å²) in [5.41, 5.74) is 0. The largest absolute Gasteiger partial charge is 0.394 e. The molecule has 1 saturated heterocycles. The fourth-order valence-electron chi connectivity index (χ4n) is 4.10. The lowest BCUT2D eigenvalue weighted by atomic mass is 10.0. The van der Waals surface area contributed by atoms with Crippen LogP contribution in [0.3, 0.4) is 0 Å². The monoisotopic (exact) mass is 442 g/mol. The van der Waals surface area contributed by atoms with Gasteiger partial charge < -0.3 is 24.8 Å². The summed E-state index contributed by atoms with van der Waals surface area (Å²) in [6.07, 6.45) is 22.2. The predicted molar refractivity (Wildman–Crippen MR) is 127 cm³/mol. The molecule has 0 aromatic heterocycles. The molecule has 1 rings (SSSR count). The average molecular weight is 443 g/mol.